The van der Waals surface area contributed by atoms with E-state index >= 15 is 0 Å². The maximum Gasteiger partial charge on any atom is 0.254 e. The summed E-state index contributed by atoms with van der Waals surface area (Å²) < 4.78 is 10.5. The second-order valence-corrected chi connectivity index (χ2v) is 5.16. The molecule has 1 aromatic carbocycles. The molecule has 0 aliphatic carbocycles. The number of likely N-dealkylation sites (tertiary alicyclic amines) is 1. The molecule has 1 fully saturated rings. The molecule has 20 heavy (non-hydrogen) atoms. The molecule has 0 spiro atoms. The maximum atomic E-state index is 12.6. The average molecular weight is 278 g/mol. The highest BCUT2D eigenvalue weighted by Crippen LogP contribution is 2.31. The molecule has 5 nitrogen and oxygen atoms in total. The van der Waals surface area contributed by atoms with E-state index in [0.29, 0.717) is 29.5 Å². The Morgan fingerprint density at radius 3 is 2.55 bits per heavy atom. The van der Waals surface area contributed by atoms with Crippen molar-refractivity contribution in [3.8, 4) is 11.5 Å². The van der Waals surface area contributed by atoms with Crippen LogP contribution in [0, 0.1) is 12.8 Å². The molecule has 1 amide bonds. The maximum absolute atomic E-state index is 12.6. The number of amides is 1. The normalized spacial score (nSPS) is 18.2. The fourth-order valence-electron chi connectivity index (χ4n) is 2.59. The van der Waals surface area contributed by atoms with Gasteiger partial charge in [0.15, 0.2) is 11.5 Å². The van der Waals surface area contributed by atoms with E-state index in [4.69, 9.17) is 15.2 Å². The van der Waals surface area contributed by atoms with Gasteiger partial charge < -0.3 is 20.1 Å². The summed E-state index contributed by atoms with van der Waals surface area (Å²) in [6, 6.07) is 3.59. The van der Waals surface area contributed by atoms with Crippen LogP contribution in [-0.2, 0) is 0 Å². The van der Waals surface area contributed by atoms with Gasteiger partial charge in [-0.05, 0) is 43.5 Å². The Bertz CT molecular complexity index is 502. The van der Waals surface area contributed by atoms with E-state index < -0.39 is 0 Å². The topological polar surface area (TPSA) is 64.8 Å². The summed E-state index contributed by atoms with van der Waals surface area (Å²) in [5.74, 6) is 1.68. The molecule has 1 aromatic rings. The van der Waals surface area contributed by atoms with Crippen LogP contribution in [-0.4, -0.2) is 44.7 Å². The third-order valence-corrected chi connectivity index (χ3v) is 3.87. The van der Waals surface area contributed by atoms with Crippen molar-refractivity contribution in [3.05, 3.63) is 23.3 Å². The highest BCUT2D eigenvalue weighted by atomic mass is 16.5. The lowest BCUT2D eigenvalue weighted by molar-refractivity contribution is 0.0786. The van der Waals surface area contributed by atoms with Gasteiger partial charge in [0.1, 0.15) is 0 Å². The van der Waals surface area contributed by atoms with Crippen molar-refractivity contribution in [3.63, 3.8) is 0 Å². The zero-order valence-corrected chi connectivity index (χ0v) is 12.3. The minimum Gasteiger partial charge on any atom is -0.493 e. The minimum atomic E-state index is 0.0411. The smallest absolute Gasteiger partial charge is 0.254 e. The van der Waals surface area contributed by atoms with Crippen LogP contribution in [0.4, 0.5) is 0 Å². The molecule has 0 unspecified atom stereocenters. The predicted octanol–water partition coefficient (Wildman–Crippen LogP) is 1.43. The number of methoxy groups -OCH3 is 2. The molecule has 2 rings (SSSR count). The largest absolute Gasteiger partial charge is 0.493 e. The number of hydrogen-bond donors (Lipinski definition) is 1. The van der Waals surface area contributed by atoms with Gasteiger partial charge in [-0.2, -0.15) is 0 Å². The van der Waals surface area contributed by atoms with Gasteiger partial charge in [0, 0.05) is 18.7 Å². The first-order valence-corrected chi connectivity index (χ1v) is 6.82. The summed E-state index contributed by atoms with van der Waals surface area (Å²) in [5.41, 5.74) is 7.23. The molecule has 0 saturated carbocycles. The van der Waals surface area contributed by atoms with E-state index in [2.05, 4.69) is 0 Å². The Morgan fingerprint density at radius 2 is 2.00 bits per heavy atom. The highest BCUT2D eigenvalue weighted by Gasteiger charge is 2.27. The van der Waals surface area contributed by atoms with E-state index in [-0.39, 0.29) is 5.91 Å². The van der Waals surface area contributed by atoms with Crippen LogP contribution in [0.25, 0.3) is 0 Å². The number of nitrogens with zero attached hydrogens (tertiary/aromatic N) is 1. The highest BCUT2D eigenvalue weighted by molar-refractivity contribution is 5.96. The van der Waals surface area contributed by atoms with E-state index in [1.54, 1.807) is 20.3 Å². The van der Waals surface area contributed by atoms with E-state index in [9.17, 15) is 4.79 Å². The number of rotatable bonds is 4. The number of nitrogens with two attached hydrogens (primary N) is 1. The van der Waals surface area contributed by atoms with Crippen LogP contribution in [0.5, 0.6) is 11.5 Å². The van der Waals surface area contributed by atoms with E-state index in [1.807, 2.05) is 17.9 Å². The predicted molar refractivity (Wildman–Crippen MR) is 77.3 cm³/mol. The van der Waals surface area contributed by atoms with Crippen molar-refractivity contribution < 1.29 is 14.3 Å². The number of carbonyl (C=O) groups is 1. The molecular weight excluding hydrogens is 256 g/mol. The number of carbonyl (C=O) groups excluding carboxylic acids is 1. The van der Waals surface area contributed by atoms with Crippen LogP contribution in [0.3, 0.4) is 0 Å². The van der Waals surface area contributed by atoms with Gasteiger partial charge in [0.2, 0.25) is 0 Å². The van der Waals surface area contributed by atoms with Crippen molar-refractivity contribution in [2.45, 2.75) is 13.3 Å². The first-order valence-electron chi connectivity index (χ1n) is 6.82. The lowest BCUT2D eigenvalue weighted by Crippen LogP contribution is -2.30. The fourth-order valence-corrected chi connectivity index (χ4v) is 2.59. The Kier molecular flexibility index (Phi) is 4.49. The molecule has 0 aromatic heterocycles. The Morgan fingerprint density at radius 1 is 1.35 bits per heavy atom. The second kappa shape index (κ2) is 6.13. The molecule has 1 aliphatic heterocycles. The van der Waals surface area contributed by atoms with Crippen molar-refractivity contribution in [2.75, 3.05) is 33.9 Å². The number of aryl methyl sites for hydroxylation is 1. The summed E-state index contributed by atoms with van der Waals surface area (Å²) in [6.45, 7) is 4.05. The molecule has 1 atom stereocenters. The van der Waals surface area contributed by atoms with Gasteiger partial charge in [0.25, 0.3) is 5.91 Å². The van der Waals surface area contributed by atoms with Crippen LogP contribution in [0.15, 0.2) is 12.1 Å². The zero-order chi connectivity index (χ0) is 14.7. The molecule has 1 aliphatic rings. The SMILES string of the molecule is COc1cc(C)c(C(=O)N2CC[C@H](CN)C2)cc1OC. The number of hydrogen-bond acceptors (Lipinski definition) is 4. The van der Waals surface area contributed by atoms with Gasteiger partial charge in [-0.3, -0.25) is 4.79 Å². The molecule has 1 saturated heterocycles. The van der Waals surface area contributed by atoms with Crippen LogP contribution >= 0.6 is 0 Å². The molecular formula is C15H22N2O3. The second-order valence-electron chi connectivity index (χ2n) is 5.16. The third-order valence-electron chi connectivity index (χ3n) is 3.87. The molecule has 5 heteroatoms. The lowest BCUT2D eigenvalue weighted by atomic mass is 10.1. The Hall–Kier alpha value is -1.75. The fraction of sp³-hybridized carbons (Fsp3) is 0.533. The van der Waals surface area contributed by atoms with E-state index in [1.165, 1.54) is 0 Å². The Labute approximate surface area is 119 Å². The molecule has 0 radical (unpaired) electrons. The molecule has 0 bridgehead atoms. The lowest BCUT2D eigenvalue weighted by Gasteiger charge is -2.19. The van der Waals surface area contributed by atoms with Crippen molar-refractivity contribution in [1.29, 1.82) is 0 Å². The number of benzene rings is 1. The van der Waals surface area contributed by atoms with Gasteiger partial charge >= 0.3 is 0 Å². The summed E-state index contributed by atoms with van der Waals surface area (Å²) in [5, 5.41) is 0. The zero-order valence-electron chi connectivity index (χ0n) is 12.3. The van der Waals surface area contributed by atoms with Crippen molar-refractivity contribution in [1.82, 2.24) is 4.90 Å². The van der Waals surface area contributed by atoms with E-state index in [0.717, 1.165) is 25.1 Å². The van der Waals surface area contributed by atoms with Crippen LogP contribution < -0.4 is 15.2 Å². The number of ether oxygens (including phenoxy) is 2. The average Bonchev–Trinajstić information content (AvgIpc) is 2.95. The summed E-state index contributed by atoms with van der Waals surface area (Å²) >= 11 is 0. The van der Waals surface area contributed by atoms with Gasteiger partial charge in [-0.15, -0.1) is 0 Å². The molecule has 110 valence electrons. The van der Waals surface area contributed by atoms with Crippen LogP contribution in [0.2, 0.25) is 0 Å². The standard InChI is InChI=1S/C15H22N2O3/c1-10-6-13(19-2)14(20-3)7-12(10)15(18)17-5-4-11(8-16)9-17/h6-7,11H,4-5,8-9,16H2,1-3H3/t11-/m1/s1. The summed E-state index contributed by atoms with van der Waals surface area (Å²) in [7, 11) is 3.16. The van der Waals surface area contributed by atoms with Gasteiger partial charge in [0.05, 0.1) is 14.2 Å². The summed E-state index contributed by atoms with van der Waals surface area (Å²) in [4.78, 5) is 14.5. The molecule has 1 heterocycles. The third kappa shape index (κ3) is 2.72. The first-order chi connectivity index (χ1) is 9.60. The minimum absolute atomic E-state index is 0.0411. The van der Waals surface area contributed by atoms with Gasteiger partial charge in [-0.25, -0.2) is 0 Å². The monoisotopic (exact) mass is 278 g/mol. The Balaban J connectivity index is 2.26. The van der Waals surface area contributed by atoms with Crippen molar-refractivity contribution >= 4 is 5.91 Å². The van der Waals surface area contributed by atoms with Crippen molar-refractivity contribution in [2.24, 2.45) is 11.7 Å². The molecule has 2 N–H and O–H groups in total. The quantitative estimate of drug-likeness (QED) is 0.905. The summed E-state index contributed by atoms with van der Waals surface area (Å²) in [6.07, 6.45) is 0.981. The first kappa shape index (κ1) is 14.7. The van der Waals surface area contributed by atoms with Crippen LogP contribution in [0.1, 0.15) is 22.3 Å². The van der Waals surface area contributed by atoms with Gasteiger partial charge in [-0.1, -0.05) is 0 Å².